The van der Waals surface area contributed by atoms with E-state index >= 15 is 0 Å². The molecule has 2 aromatic carbocycles. The summed E-state index contributed by atoms with van der Waals surface area (Å²) in [5, 5.41) is 12.7. The van der Waals surface area contributed by atoms with E-state index in [1.807, 2.05) is 30.3 Å². The van der Waals surface area contributed by atoms with E-state index in [4.69, 9.17) is 9.47 Å². The van der Waals surface area contributed by atoms with Crippen LogP contribution in [0.5, 0.6) is 11.5 Å². The van der Waals surface area contributed by atoms with Crippen molar-refractivity contribution < 1.29 is 19.4 Å². The Bertz CT molecular complexity index is 659. The molecule has 1 heterocycles. The Morgan fingerprint density at radius 1 is 1.13 bits per heavy atom. The lowest BCUT2D eigenvalue weighted by molar-refractivity contribution is -0.0140. The Labute approximate surface area is 134 Å². The van der Waals surface area contributed by atoms with E-state index in [0.717, 1.165) is 0 Å². The Balaban J connectivity index is 1.67. The molecular weight excluding hydrogens is 294 g/mol. The van der Waals surface area contributed by atoms with Crippen molar-refractivity contribution in [3.63, 3.8) is 0 Å². The van der Waals surface area contributed by atoms with Crippen molar-refractivity contribution in [3.8, 4) is 11.5 Å². The average Bonchev–Trinajstić information content (AvgIpc) is 2.58. The van der Waals surface area contributed by atoms with E-state index in [-0.39, 0.29) is 11.9 Å². The molecular formula is C18H19NO4. The Hall–Kier alpha value is -2.37. The van der Waals surface area contributed by atoms with Crippen molar-refractivity contribution in [1.29, 1.82) is 0 Å². The van der Waals surface area contributed by atoms with Crippen molar-refractivity contribution in [2.45, 2.75) is 18.6 Å². The molecule has 0 aliphatic carbocycles. The molecule has 2 N–H and O–H groups in total. The molecule has 5 heteroatoms. The molecule has 5 nitrogen and oxygen atoms in total. The van der Waals surface area contributed by atoms with Crippen LogP contribution >= 0.6 is 0 Å². The lowest BCUT2D eigenvalue weighted by Crippen LogP contribution is -2.49. The van der Waals surface area contributed by atoms with Crippen LogP contribution < -0.4 is 10.1 Å². The van der Waals surface area contributed by atoms with Crippen molar-refractivity contribution in [1.82, 2.24) is 5.32 Å². The van der Waals surface area contributed by atoms with Crippen LogP contribution in [0.15, 0.2) is 54.6 Å². The van der Waals surface area contributed by atoms with Crippen LogP contribution in [0.4, 0.5) is 0 Å². The van der Waals surface area contributed by atoms with Gasteiger partial charge in [-0.05, 0) is 36.8 Å². The molecule has 0 aromatic heterocycles. The molecule has 0 bridgehead atoms. The molecule has 2 atom stereocenters. The zero-order valence-corrected chi connectivity index (χ0v) is 12.6. The highest BCUT2D eigenvalue weighted by Gasteiger charge is 2.25. The fourth-order valence-corrected chi connectivity index (χ4v) is 2.44. The van der Waals surface area contributed by atoms with Crippen LogP contribution in [0.25, 0.3) is 0 Å². The molecule has 1 saturated heterocycles. The minimum absolute atomic E-state index is 0.252. The van der Waals surface area contributed by atoms with Gasteiger partial charge in [0.1, 0.15) is 11.5 Å². The Morgan fingerprint density at radius 2 is 1.91 bits per heavy atom. The number of amides is 1. The van der Waals surface area contributed by atoms with Gasteiger partial charge in [0.05, 0.1) is 18.8 Å². The molecule has 0 radical (unpaired) electrons. The first-order valence-corrected chi connectivity index (χ1v) is 7.62. The van der Waals surface area contributed by atoms with Crippen LogP contribution in [-0.4, -0.2) is 36.4 Å². The molecule has 1 fully saturated rings. The maximum absolute atomic E-state index is 12.3. The molecule has 1 amide bonds. The SMILES string of the molecule is O=C(N[C@@H]1COCC[C@H]1O)c1cccc(Oc2ccccc2)c1. The topological polar surface area (TPSA) is 67.8 Å². The largest absolute Gasteiger partial charge is 0.457 e. The van der Waals surface area contributed by atoms with Gasteiger partial charge in [0.15, 0.2) is 0 Å². The van der Waals surface area contributed by atoms with Crippen molar-refractivity contribution >= 4 is 5.91 Å². The number of hydrogen-bond donors (Lipinski definition) is 2. The number of benzene rings is 2. The lowest BCUT2D eigenvalue weighted by Gasteiger charge is -2.28. The highest BCUT2D eigenvalue weighted by molar-refractivity contribution is 5.94. The molecule has 2 aromatic rings. The molecule has 1 aliphatic rings. The summed E-state index contributed by atoms with van der Waals surface area (Å²) < 4.78 is 11.0. The van der Waals surface area contributed by atoms with E-state index in [0.29, 0.717) is 36.7 Å². The van der Waals surface area contributed by atoms with Crippen LogP contribution in [0.1, 0.15) is 16.8 Å². The second-order valence-electron chi connectivity index (χ2n) is 5.45. The fourth-order valence-electron chi connectivity index (χ4n) is 2.44. The van der Waals surface area contributed by atoms with Gasteiger partial charge < -0.3 is 19.9 Å². The van der Waals surface area contributed by atoms with E-state index < -0.39 is 6.10 Å². The summed E-state index contributed by atoms with van der Waals surface area (Å²) in [4.78, 5) is 12.3. The third-order valence-corrected chi connectivity index (χ3v) is 3.71. The van der Waals surface area contributed by atoms with Gasteiger partial charge in [-0.1, -0.05) is 24.3 Å². The number of rotatable bonds is 4. The maximum Gasteiger partial charge on any atom is 0.251 e. The summed E-state index contributed by atoms with van der Waals surface area (Å²) >= 11 is 0. The van der Waals surface area contributed by atoms with Crippen LogP contribution in [0, 0.1) is 0 Å². The van der Waals surface area contributed by atoms with Gasteiger partial charge in [-0.2, -0.15) is 0 Å². The predicted octanol–water partition coefficient (Wildman–Crippen LogP) is 2.36. The first-order valence-electron chi connectivity index (χ1n) is 7.62. The number of para-hydroxylation sites is 1. The summed E-state index contributed by atoms with van der Waals surface area (Å²) in [5.74, 6) is 1.04. The molecule has 1 aliphatic heterocycles. The first kappa shape index (κ1) is 15.5. The number of ether oxygens (including phenoxy) is 2. The van der Waals surface area contributed by atoms with E-state index in [2.05, 4.69) is 5.32 Å². The molecule has 0 saturated carbocycles. The summed E-state index contributed by atoms with van der Waals surface area (Å²) in [6.07, 6.45) is -0.0429. The highest BCUT2D eigenvalue weighted by atomic mass is 16.5. The van der Waals surface area contributed by atoms with Gasteiger partial charge >= 0.3 is 0 Å². The normalized spacial score (nSPS) is 20.7. The zero-order valence-electron chi connectivity index (χ0n) is 12.6. The van der Waals surface area contributed by atoms with E-state index in [1.165, 1.54) is 0 Å². The highest BCUT2D eigenvalue weighted by Crippen LogP contribution is 2.22. The monoisotopic (exact) mass is 313 g/mol. The lowest BCUT2D eigenvalue weighted by atomic mass is 10.1. The standard InChI is InChI=1S/C18H19NO4/c20-17-9-10-22-12-16(17)19-18(21)13-5-4-8-15(11-13)23-14-6-2-1-3-7-14/h1-8,11,16-17,20H,9-10,12H2,(H,19,21)/t16-,17-/m1/s1. The minimum Gasteiger partial charge on any atom is -0.457 e. The van der Waals surface area contributed by atoms with Gasteiger partial charge in [-0.25, -0.2) is 0 Å². The summed E-state index contributed by atoms with van der Waals surface area (Å²) in [5.41, 5.74) is 0.483. The third-order valence-electron chi connectivity index (χ3n) is 3.71. The smallest absolute Gasteiger partial charge is 0.251 e. The van der Waals surface area contributed by atoms with Crippen molar-refractivity contribution in [2.75, 3.05) is 13.2 Å². The number of aliphatic hydroxyl groups is 1. The number of nitrogens with one attached hydrogen (secondary N) is 1. The summed E-state index contributed by atoms with van der Waals surface area (Å²) in [6, 6.07) is 16.0. The second kappa shape index (κ2) is 7.26. The minimum atomic E-state index is -0.573. The quantitative estimate of drug-likeness (QED) is 0.909. The molecule has 3 rings (SSSR count). The Kier molecular flexibility index (Phi) is 4.90. The molecule has 120 valence electrons. The van der Waals surface area contributed by atoms with Gasteiger partial charge in [0.2, 0.25) is 0 Å². The van der Waals surface area contributed by atoms with Crippen LogP contribution in [0.3, 0.4) is 0 Å². The Morgan fingerprint density at radius 3 is 2.70 bits per heavy atom. The number of carbonyl (C=O) groups is 1. The second-order valence-corrected chi connectivity index (χ2v) is 5.45. The number of carbonyl (C=O) groups excluding carboxylic acids is 1. The van der Waals surface area contributed by atoms with Crippen LogP contribution in [-0.2, 0) is 4.74 Å². The predicted molar refractivity (Wildman–Crippen MR) is 85.7 cm³/mol. The summed E-state index contributed by atoms with van der Waals surface area (Å²) in [7, 11) is 0. The fraction of sp³-hybridized carbons (Fsp3) is 0.278. The zero-order chi connectivity index (χ0) is 16.1. The summed E-state index contributed by atoms with van der Waals surface area (Å²) in [6.45, 7) is 0.848. The molecule has 0 unspecified atom stereocenters. The van der Waals surface area contributed by atoms with Crippen molar-refractivity contribution in [3.05, 3.63) is 60.2 Å². The van der Waals surface area contributed by atoms with Gasteiger partial charge in [0, 0.05) is 12.2 Å². The van der Waals surface area contributed by atoms with Crippen molar-refractivity contribution in [2.24, 2.45) is 0 Å². The molecule has 0 spiro atoms. The van der Waals surface area contributed by atoms with E-state index in [9.17, 15) is 9.90 Å². The third kappa shape index (κ3) is 4.09. The van der Waals surface area contributed by atoms with Gasteiger partial charge in [-0.15, -0.1) is 0 Å². The van der Waals surface area contributed by atoms with Crippen LogP contribution in [0.2, 0.25) is 0 Å². The van der Waals surface area contributed by atoms with Gasteiger partial charge in [-0.3, -0.25) is 4.79 Å². The van der Waals surface area contributed by atoms with Gasteiger partial charge in [0.25, 0.3) is 5.91 Å². The van der Waals surface area contributed by atoms with E-state index in [1.54, 1.807) is 24.3 Å². The maximum atomic E-state index is 12.3. The number of hydrogen-bond acceptors (Lipinski definition) is 4. The number of aliphatic hydroxyl groups excluding tert-OH is 1. The average molecular weight is 313 g/mol. The molecule has 23 heavy (non-hydrogen) atoms. The first-order chi connectivity index (χ1) is 11.2.